The summed E-state index contributed by atoms with van der Waals surface area (Å²) in [6, 6.07) is 7.86. The van der Waals surface area contributed by atoms with Crippen molar-refractivity contribution in [1.82, 2.24) is 19.1 Å². The van der Waals surface area contributed by atoms with E-state index in [-0.39, 0.29) is 11.2 Å². The first-order valence-corrected chi connectivity index (χ1v) is 9.24. The average Bonchev–Trinajstić information content (AvgIpc) is 3.04. The van der Waals surface area contributed by atoms with Crippen LogP contribution in [0, 0.1) is 0 Å². The summed E-state index contributed by atoms with van der Waals surface area (Å²) >= 11 is 5.95. The molecule has 1 aromatic carbocycles. The van der Waals surface area contributed by atoms with Gasteiger partial charge in [0.05, 0.1) is 6.21 Å². The lowest BCUT2D eigenvalue weighted by Crippen LogP contribution is -2.29. The maximum absolute atomic E-state index is 12.4. The van der Waals surface area contributed by atoms with Crippen LogP contribution in [0.25, 0.3) is 11.2 Å². The smallest absolute Gasteiger partial charge is 0.329 e. The van der Waals surface area contributed by atoms with E-state index in [9.17, 15) is 9.59 Å². The normalized spacial score (nSPS) is 12.1. The lowest BCUT2D eigenvalue weighted by Gasteiger charge is -2.11. The van der Waals surface area contributed by atoms with E-state index in [1.165, 1.54) is 4.57 Å². The van der Waals surface area contributed by atoms with Gasteiger partial charge in [-0.25, -0.2) is 10.2 Å². The molecule has 0 aliphatic heterocycles. The van der Waals surface area contributed by atoms with Gasteiger partial charge in [-0.3, -0.25) is 18.9 Å². The number of hydrogen-bond donors (Lipinski definition) is 2. The van der Waals surface area contributed by atoms with Crippen molar-refractivity contribution in [3.05, 3.63) is 61.8 Å². The molecule has 0 atom stereocenters. The van der Waals surface area contributed by atoms with Crippen molar-refractivity contribution in [3.63, 3.8) is 0 Å². The zero-order valence-corrected chi connectivity index (χ0v) is 17.4. The molecule has 0 aliphatic carbocycles. The van der Waals surface area contributed by atoms with Crippen LogP contribution in [-0.2, 0) is 13.6 Å². The highest BCUT2D eigenvalue weighted by molar-refractivity contribution is 6.29. The molecule has 29 heavy (non-hydrogen) atoms. The maximum Gasteiger partial charge on any atom is 0.329 e. The third-order valence-electron chi connectivity index (χ3n) is 4.35. The van der Waals surface area contributed by atoms with Crippen molar-refractivity contribution in [3.8, 4) is 0 Å². The lowest BCUT2D eigenvalue weighted by molar-refractivity contribution is 0.818. The highest BCUT2D eigenvalue weighted by Crippen LogP contribution is 2.16. The van der Waals surface area contributed by atoms with E-state index in [0.29, 0.717) is 17.5 Å². The highest BCUT2D eigenvalue weighted by atomic mass is 35.5. The van der Waals surface area contributed by atoms with E-state index in [1.807, 2.05) is 43.3 Å². The molecular formula is C19H22ClN7O2. The molecule has 2 N–H and O–H groups in total. The Morgan fingerprint density at radius 1 is 1.31 bits per heavy atom. The predicted molar refractivity (Wildman–Crippen MR) is 117 cm³/mol. The Morgan fingerprint density at radius 3 is 2.62 bits per heavy atom. The fraction of sp³-hybridized carbons (Fsp3) is 0.263. The molecule has 0 saturated carbocycles. The summed E-state index contributed by atoms with van der Waals surface area (Å²) < 4.78 is 2.89. The molecule has 0 saturated heterocycles. The molecule has 2 heterocycles. The molecule has 0 amide bonds. The van der Waals surface area contributed by atoms with Crippen LogP contribution in [0.1, 0.15) is 12.5 Å². The number of hydrogen-bond acceptors (Lipinski definition) is 6. The molecule has 152 valence electrons. The quantitative estimate of drug-likeness (QED) is 0.474. The Kier molecular flexibility index (Phi) is 5.88. The Morgan fingerprint density at radius 2 is 2.00 bits per heavy atom. The van der Waals surface area contributed by atoms with Gasteiger partial charge in [0, 0.05) is 38.4 Å². The van der Waals surface area contributed by atoms with Crippen molar-refractivity contribution in [2.45, 2.75) is 13.5 Å². The van der Waals surface area contributed by atoms with E-state index in [1.54, 1.807) is 30.8 Å². The van der Waals surface area contributed by atoms with Gasteiger partial charge >= 0.3 is 5.69 Å². The number of imidazole rings is 1. The Labute approximate surface area is 171 Å². The van der Waals surface area contributed by atoms with Gasteiger partial charge in [0.2, 0.25) is 5.95 Å². The minimum Gasteiger partial charge on any atom is -0.378 e. The maximum atomic E-state index is 12.4. The predicted octanol–water partition coefficient (Wildman–Crippen LogP) is 2.08. The van der Waals surface area contributed by atoms with Gasteiger partial charge in [-0.1, -0.05) is 29.8 Å². The van der Waals surface area contributed by atoms with Crippen LogP contribution in [0.2, 0.25) is 0 Å². The van der Waals surface area contributed by atoms with Crippen molar-refractivity contribution in [1.29, 1.82) is 0 Å². The number of aryl methyl sites for hydroxylation is 1. The van der Waals surface area contributed by atoms with E-state index in [2.05, 4.69) is 20.5 Å². The molecule has 3 aromatic rings. The first-order valence-electron chi connectivity index (χ1n) is 8.86. The second-order valence-corrected chi connectivity index (χ2v) is 7.28. The molecule has 10 heteroatoms. The van der Waals surface area contributed by atoms with Crippen LogP contribution in [0.5, 0.6) is 0 Å². The number of anilines is 2. The summed E-state index contributed by atoms with van der Waals surface area (Å²) in [4.78, 5) is 32.9. The van der Waals surface area contributed by atoms with Crippen LogP contribution in [-0.4, -0.2) is 39.4 Å². The fourth-order valence-electron chi connectivity index (χ4n) is 2.74. The number of halogens is 1. The first-order chi connectivity index (χ1) is 13.8. The van der Waals surface area contributed by atoms with Gasteiger partial charge in [0.1, 0.15) is 0 Å². The standard InChI is InChI=1S/C19H22ClN7O2/c1-12(20)9-10-27-15-16(26(4)19(29)23-17(15)28)22-18(27)24-21-11-13-5-7-14(8-6-13)25(2)3/h5-9,11H,10H2,1-4H3,(H,22,24)(H,23,28,29)/b12-9+,21-11+. The third kappa shape index (κ3) is 4.40. The summed E-state index contributed by atoms with van der Waals surface area (Å²) in [6.45, 7) is 2.03. The summed E-state index contributed by atoms with van der Waals surface area (Å²) in [5.41, 5.74) is 4.30. The van der Waals surface area contributed by atoms with E-state index in [4.69, 9.17) is 11.6 Å². The summed E-state index contributed by atoms with van der Waals surface area (Å²) in [5, 5.41) is 4.80. The molecule has 0 unspecified atom stereocenters. The van der Waals surface area contributed by atoms with E-state index >= 15 is 0 Å². The number of aromatic nitrogens is 4. The van der Waals surface area contributed by atoms with E-state index in [0.717, 1.165) is 11.3 Å². The topological polar surface area (TPSA) is 100 Å². The third-order valence-corrected chi connectivity index (χ3v) is 4.50. The second-order valence-electron chi connectivity index (χ2n) is 6.68. The van der Waals surface area contributed by atoms with Gasteiger partial charge in [0.15, 0.2) is 11.2 Å². The molecule has 0 aliphatic rings. The van der Waals surface area contributed by atoms with Crippen LogP contribution in [0.3, 0.4) is 0 Å². The lowest BCUT2D eigenvalue weighted by atomic mass is 10.2. The summed E-state index contributed by atoms with van der Waals surface area (Å²) in [7, 11) is 5.49. The van der Waals surface area contributed by atoms with Gasteiger partial charge in [-0.15, -0.1) is 0 Å². The number of benzene rings is 1. The Balaban J connectivity index is 1.97. The second kappa shape index (κ2) is 8.36. The molecule has 3 rings (SSSR count). The van der Waals surface area contributed by atoms with Gasteiger partial charge in [-0.05, 0) is 24.6 Å². The number of rotatable bonds is 6. The molecule has 2 aromatic heterocycles. The number of nitrogens with zero attached hydrogens (tertiary/aromatic N) is 5. The van der Waals surface area contributed by atoms with Crippen LogP contribution >= 0.6 is 11.6 Å². The van der Waals surface area contributed by atoms with Crippen molar-refractivity contribution in [2.75, 3.05) is 24.4 Å². The molecule has 0 spiro atoms. The number of fused-ring (bicyclic) bond motifs is 1. The largest absolute Gasteiger partial charge is 0.378 e. The van der Waals surface area contributed by atoms with Crippen LogP contribution in [0.4, 0.5) is 11.6 Å². The van der Waals surface area contributed by atoms with Crippen LogP contribution < -0.4 is 21.6 Å². The molecule has 0 fully saturated rings. The minimum atomic E-state index is -0.535. The van der Waals surface area contributed by atoms with Crippen molar-refractivity contribution < 1.29 is 0 Å². The monoisotopic (exact) mass is 415 g/mol. The first kappa shape index (κ1) is 20.4. The van der Waals surface area contributed by atoms with Gasteiger partial charge < -0.3 is 4.90 Å². The van der Waals surface area contributed by atoms with Gasteiger partial charge in [0.25, 0.3) is 5.56 Å². The highest BCUT2D eigenvalue weighted by Gasteiger charge is 2.16. The molecule has 9 nitrogen and oxygen atoms in total. The minimum absolute atomic E-state index is 0.257. The van der Waals surface area contributed by atoms with E-state index < -0.39 is 11.2 Å². The number of H-pyrrole nitrogens is 1. The Hall–Kier alpha value is -3.33. The number of nitrogens with one attached hydrogen (secondary N) is 2. The molecule has 0 radical (unpaired) electrons. The Bertz CT molecular complexity index is 1200. The fourth-order valence-corrected chi connectivity index (χ4v) is 2.81. The zero-order valence-electron chi connectivity index (χ0n) is 16.6. The summed E-state index contributed by atoms with van der Waals surface area (Å²) in [6.07, 6.45) is 3.39. The van der Waals surface area contributed by atoms with Crippen molar-refractivity contribution in [2.24, 2.45) is 12.1 Å². The molecular weight excluding hydrogens is 394 g/mol. The van der Waals surface area contributed by atoms with Gasteiger partial charge in [-0.2, -0.15) is 10.1 Å². The average molecular weight is 416 g/mol. The van der Waals surface area contributed by atoms with Crippen LogP contribution in [0.15, 0.2) is 50.1 Å². The summed E-state index contributed by atoms with van der Waals surface area (Å²) in [5.74, 6) is 0.321. The van der Waals surface area contributed by atoms with Crippen molar-refractivity contribution >= 4 is 40.6 Å². The number of allylic oxidation sites excluding steroid dienone is 2. The SMILES string of the molecule is C/C(Cl)=C\Cn1c(N/N=C/c2ccc(N(C)C)cc2)nc2c1c(=O)[nH]c(=O)n2C. The number of hydrazone groups is 1. The molecule has 0 bridgehead atoms. The number of aromatic amines is 1. The zero-order chi connectivity index (χ0) is 21.1.